The topological polar surface area (TPSA) is 37.3 Å². The van der Waals surface area contributed by atoms with E-state index in [1.54, 1.807) is 6.92 Å². The molecule has 50 valence electrons. The van der Waals surface area contributed by atoms with E-state index in [9.17, 15) is 4.79 Å². The minimum Gasteiger partial charge on any atom is -0.478 e. The first-order valence-corrected chi connectivity index (χ1v) is 2.77. The lowest BCUT2D eigenvalue weighted by Gasteiger charge is -1.91. The van der Waals surface area contributed by atoms with Crippen LogP contribution in [0.15, 0.2) is 24.3 Å². The fraction of sp³-hybridized carbons (Fsp3) is 0.286. The molecule has 2 nitrogen and oxygen atoms in total. The molecule has 0 aromatic heterocycles. The zero-order valence-electron chi connectivity index (χ0n) is 5.42. The van der Waals surface area contributed by atoms with E-state index in [2.05, 4.69) is 6.58 Å². The molecule has 0 radical (unpaired) electrons. The van der Waals surface area contributed by atoms with E-state index in [1.807, 2.05) is 0 Å². The van der Waals surface area contributed by atoms with Crippen molar-refractivity contribution >= 4 is 5.97 Å². The third kappa shape index (κ3) is 2.69. The molecule has 0 aliphatic carbocycles. The Kier molecular flexibility index (Phi) is 3.44. The Morgan fingerprint density at radius 1 is 1.78 bits per heavy atom. The Bertz CT molecular complexity index is 145. The van der Waals surface area contributed by atoms with Gasteiger partial charge >= 0.3 is 5.97 Å². The van der Waals surface area contributed by atoms with Gasteiger partial charge in [0, 0.05) is 5.57 Å². The van der Waals surface area contributed by atoms with Gasteiger partial charge in [-0.05, 0) is 6.42 Å². The predicted octanol–water partition coefficient (Wildman–Crippen LogP) is 1.59. The summed E-state index contributed by atoms with van der Waals surface area (Å²) in [6.45, 7) is 5.19. The van der Waals surface area contributed by atoms with Gasteiger partial charge in [-0.25, -0.2) is 4.79 Å². The van der Waals surface area contributed by atoms with Crippen molar-refractivity contribution in [2.24, 2.45) is 0 Å². The number of hydrogen-bond donors (Lipinski definition) is 1. The number of carboxylic acids is 1. The highest BCUT2D eigenvalue weighted by molar-refractivity contribution is 5.86. The molecule has 0 spiro atoms. The van der Waals surface area contributed by atoms with E-state index < -0.39 is 5.97 Å². The zero-order chi connectivity index (χ0) is 7.28. The Balaban J connectivity index is 4.14. The van der Waals surface area contributed by atoms with Gasteiger partial charge in [0.1, 0.15) is 0 Å². The standard InChI is InChI=1S/C7H10O2/c1-3-5-6(4-2)7(8)9/h3,5H,1,4H2,2H3,(H,8,9)/b6-5-. The molecule has 0 aromatic carbocycles. The first kappa shape index (κ1) is 7.95. The molecule has 0 heterocycles. The molecule has 0 saturated heterocycles. The molecular formula is C7H10O2. The Labute approximate surface area is 54.5 Å². The first-order chi connectivity index (χ1) is 4.22. The van der Waals surface area contributed by atoms with Gasteiger partial charge in [0.05, 0.1) is 0 Å². The van der Waals surface area contributed by atoms with Crippen LogP contribution in [-0.2, 0) is 4.79 Å². The zero-order valence-corrected chi connectivity index (χ0v) is 5.42. The Morgan fingerprint density at radius 2 is 2.33 bits per heavy atom. The van der Waals surface area contributed by atoms with Crippen molar-refractivity contribution < 1.29 is 9.90 Å². The van der Waals surface area contributed by atoms with Crippen LogP contribution in [0.3, 0.4) is 0 Å². The molecule has 0 rings (SSSR count). The molecule has 9 heavy (non-hydrogen) atoms. The van der Waals surface area contributed by atoms with Gasteiger partial charge < -0.3 is 5.11 Å². The van der Waals surface area contributed by atoms with Gasteiger partial charge in [0.15, 0.2) is 0 Å². The van der Waals surface area contributed by atoms with E-state index in [1.165, 1.54) is 12.2 Å². The molecule has 0 aliphatic heterocycles. The van der Waals surface area contributed by atoms with Gasteiger partial charge in [-0.1, -0.05) is 25.7 Å². The molecule has 0 amide bonds. The summed E-state index contributed by atoms with van der Waals surface area (Å²) in [4.78, 5) is 10.2. The molecule has 2 heteroatoms. The van der Waals surface area contributed by atoms with E-state index in [0.717, 1.165) is 0 Å². The minimum absolute atomic E-state index is 0.394. The van der Waals surface area contributed by atoms with Crippen LogP contribution in [0.2, 0.25) is 0 Å². The smallest absolute Gasteiger partial charge is 0.331 e. The normalized spacial score (nSPS) is 11.0. The molecule has 0 aliphatic rings. The largest absolute Gasteiger partial charge is 0.478 e. The molecule has 0 aromatic rings. The van der Waals surface area contributed by atoms with Crippen LogP contribution in [-0.4, -0.2) is 11.1 Å². The number of carboxylic acid groups (broad SMARTS) is 1. The first-order valence-electron chi connectivity index (χ1n) is 2.77. The van der Waals surface area contributed by atoms with E-state index in [0.29, 0.717) is 12.0 Å². The number of carbonyl (C=O) groups is 1. The van der Waals surface area contributed by atoms with Gasteiger partial charge in [-0.3, -0.25) is 0 Å². The maximum absolute atomic E-state index is 10.2. The van der Waals surface area contributed by atoms with Crippen molar-refractivity contribution in [3.05, 3.63) is 24.3 Å². The van der Waals surface area contributed by atoms with Crippen LogP contribution in [0.25, 0.3) is 0 Å². The molecule has 0 unspecified atom stereocenters. The average Bonchev–Trinajstić information content (AvgIpc) is 1.82. The van der Waals surface area contributed by atoms with Crippen LogP contribution in [0.1, 0.15) is 13.3 Å². The molecule has 1 N–H and O–H groups in total. The highest BCUT2D eigenvalue weighted by atomic mass is 16.4. The van der Waals surface area contributed by atoms with Crippen molar-refractivity contribution in [3.8, 4) is 0 Å². The second-order valence-corrected chi connectivity index (χ2v) is 1.59. The molecular weight excluding hydrogens is 116 g/mol. The number of aliphatic carboxylic acids is 1. The quantitative estimate of drug-likeness (QED) is 0.460. The van der Waals surface area contributed by atoms with Crippen LogP contribution in [0, 0.1) is 0 Å². The monoisotopic (exact) mass is 126 g/mol. The van der Waals surface area contributed by atoms with Crippen LogP contribution < -0.4 is 0 Å². The summed E-state index contributed by atoms with van der Waals surface area (Å²) < 4.78 is 0. The maximum atomic E-state index is 10.2. The summed E-state index contributed by atoms with van der Waals surface area (Å²) in [7, 11) is 0. The van der Waals surface area contributed by atoms with Gasteiger partial charge in [0.25, 0.3) is 0 Å². The second kappa shape index (κ2) is 3.89. The van der Waals surface area contributed by atoms with E-state index >= 15 is 0 Å². The third-order valence-electron chi connectivity index (χ3n) is 0.975. The third-order valence-corrected chi connectivity index (χ3v) is 0.975. The summed E-state index contributed by atoms with van der Waals surface area (Å²) in [6.07, 6.45) is 3.52. The SMILES string of the molecule is C=C/C=C(/CC)C(=O)O. The fourth-order valence-corrected chi connectivity index (χ4v) is 0.483. The highest BCUT2D eigenvalue weighted by Crippen LogP contribution is 1.99. The van der Waals surface area contributed by atoms with Gasteiger partial charge in [-0.15, -0.1) is 0 Å². The maximum Gasteiger partial charge on any atom is 0.331 e. The molecule has 0 fully saturated rings. The highest BCUT2D eigenvalue weighted by Gasteiger charge is 2.00. The van der Waals surface area contributed by atoms with Crippen LogP contribution >= 0.6 is 0 Å². The summed E-state index contributed by atoms with van der Waals surface area (Å²) >= 11 is 0. The summed E-state index contributed by atoms with van der Waals surface area (Å²) in [5.41, 5.74) is 0.394. The van der Waals surface area contributed by atoms with Crippen molar-refractivity contribution in [1.29, 1.82) is 0 Å². The number of hydrogen-bond acceptors (Lipinski definition) is 1. The van der Waals surface area contributed by atoms with Crippen molar-refractivity contribution in [2.45, 2.75) is 13.3 Å². The lowest BCUT2D eigenvalue weighted by molar-refractivity contribution is -0.132. The number of allylic oxidation sites excluding steroid dienone is 2. The van der Waals surface area contributed by atoms with Crippen molar-refractivity contribution in [3.63, 3.8) is 0 Å². The number of rotatable bonds is 3. The second-order valence-electron chi connectivity index (χ2n) is 1.59. The molecule has 0 atom stereocenters. The lowest BCUT2D eigenvalue weighted by Crippen LogP contribution is -1.97. The molecule has 0 bridgehead atoms. The summed E-state index contributed by atoms with van der Waals surface area (Å²) in [6, 6.07) is 0. The van der Waals surface area contributed by atoms with E-state index in [4.69, 9.17) is 5.11 Å². The Hall–Kier alpha value is -1.05. The summed E-state index contributed by atoms with van der Waals surface area (Å²) in [5, 5.41) is 8.39. The lowest BCUT2D eigenvalue weighted by atomic mass is 10.2. The minimum atomic E-state index is -0.864. The fourth-order valence-electron chi connectivity index (χ4n) is 0.483. The van der Waals surface area contributed by atoms with Gasteiger partial charge in [0.2, 0.25) is 0 Å². The predicted molar refractivity (Wildman–Crippen MR) is 36.2 cm³/mol. The van der Waals surface area contributed by atoms with Crippen molar-refractivity contribution in [1.82, 2.24) is 0 Å². The van der Waals surface area contributed by atoms with Crippen LogP contribution in [0.4, 0.5) is 0 Å². The van der Waals surface area contributed by atoms with Crippen LogP contribution in [0.5, 0.6) is 0 Å². The van der Waals surface area contributed by atoms with Crippen molar-refractivity contribution in [2.75, 3.05) is 0 Å². The average molecular weight is 126 g/mol. The molecule has 0 saturated carbocycles. The van der Waals surface area contributed by atoms with E-state index in [-0.39, 0.29) is 0 Å². The Morgan fingerprint density at radius 3 is 2.44 bits per heavy atom. The van der Waals surface area contributed by atoms with Gasteiger partial charge in [-0.2, -0.15) is 0 Å². The summed E-state index contributed by atoms with van der Waals surface area (Å²) in [5.74, 6) is -0.864.